The zero-order valence-corrected chi connectivity index (χ0v) is 17.0. The molecule has 0 unspecified atom stereocenters. The molecule has 2 aromatic rings. The fourth-order valence-electron chi connectivity index (χ4n) is 3.10. The molecule has 156 valence electrons. The monoisotopic (exact) mass is 418 g/mol. The number of hydrogen-bond donors (Lipinski definition) is 2. The van der Waals surface area contributed by atoms with E-state index in [1.54, 1.807) is 30.3 Å². The van der Waals surface area contributed by atoms with E-state index in [9.17, 15) is 15.0 Å². The molecule has 1 heterocycles. The summed E-state index contributed by atoms with van der Waals surface area (Å²) in [6.07, 6.45) is -4.20. The van der Waals surface area contributed by atoms with Crippen LogP contribution in [0.15, 0.2) is 60.7 Å². The molecular weight excluding hydrogens is 392 g/mol. The Hall–Kier alpha value is -1.90. The molecule has 0 aromatic heterocycles. The molecular formula is C22H26O6S. The minimum absolute atomic E-state index is 0.118. The molecule has 2 N–H and O–H groups in total. The molecule has 0 amide bonds. The van der Waals surface area contributed by atoms with Crippen molar-refractivity contribution < 1.29 is 29.2 Å². The van der Waals surface area contributed by atoms with Gasteiger partial charge in [-0.25, -0.2) is 4.79 Å². The molecule has 0 radical (unpaired) electrons. The van der Waals surface area contributed by atoms with Crippen LogP contribution >= 0.6 is 11.8 Å². The van der Waals surface area contributed by atoms with Crippen LogP contribution in [-0.2, 0) is 20.8 Å². The molecule has 5 atom stereocenters. The number of thioether (sulfide) groups is 1. The molecule has 1 saturated heterocycles. The summed E-state index contributed by atoms with van der Waals surface area (Å²) in [5, 5.41) is 21.2. The van der Waals surface area contributed by atoms with Crippen LogP contribution in [0.25, 0.3) is 0 Å². The number of carbonyl (C=O) groups excluding carboxylic acids is 1. The van der Waals surface area contributed by atoms with Gasteiger partial charge in [0, 0.05) is 0 Å². The lowest BCUT2D eigenvalue weighted by molar-refractivity contribution is -0.210. The van der Waals surface area contributed by atoms with Crippen LogP contribution in [0.3, 0.4) is 0 Å². The Labute approximate surface area is 174 Å². The largest absolute Gasteiger partial charge is 0.452 e. The van der Waals surface area contributed by atoms with Crippen LogP contribution in [0.5, 0.6) is 0 Å². The van der Waals surface area contributed by atoms with Gasteiger partial charge >= 0.3 is 5.97 Å². The Balaban J connectivity index is 1.62. The zero-order chi connectivity index (χ0) is 20.6. The summed E-state index contributed by atoms with van der Waals surface area (Å²) in [5.41, 5.74) is 0.784. The van der Waals surface area contributed by atoms with Gasteiger partial charge in [0.05, 0.1) is 18.8 Å². The summed E-state index contributed by atoms with van der Waals surface area (Å²) >= 11 is 1.41. The van der Waals surface area contributed by atoms with Gasteiger partial charge in [-0.15, -0.1) is 11.8 Å². The third kappa shape index (κ3) is 5.81. The summed E-state index contributed by atoms with van der Waals surface area (Å²) < 4.78 is 17.1. The first kappa shape index (κ1) is 21.8. The summed E-state index contributed by atoms with van der Waals surface area (Å²) in [7, 11) is 0. The number of benzene rings is 2. The highest BCUT2D eigenvalue weighted by Gasteiger charge is 2.46. The van der Waals surface area contributed by atoms with Crippen molar-refractivity contribution in [2.24, 2.45) is 0 Å². The predicted molar refractivity (Wildman–Crippen MR) is 111 cm³/mol. The fraction of sp³-hybridized carbons (Fsp3) is 0.409. The third-order valence-electron chi connectivity index (χ3n) is 4.62. The number of ether oxygens (including phenoxy) is 3. The lowest BCUT2D eigenvalue weighted by Crippen LogP contribution is -2.59. The molecule has 3 rings (SSSR count). The number of aliphatic hydroxyl groups excluding tert-OH is 2. The average Bonchev–Trinajstić information content (AvgIpc) is 2.75. The smallest absolute Gasteiger partial charge is 0.338 e. The number of rotatable bonds is 8. The number of aliphatic hydroxyl groups is 2. The molecule has 2 aromatic carbocycles. The van der Waals surface area contributed by atoms with Gasteiger partial charge in [0.1, 0.15) is 23.7 Å². The summed E-state index contributed by atoms with van der Waals surface area (Å²) in [5.74, 6) is 0.135. The molecule has 0 saturated carbocycles. The van der Waals surface area contributed by atoms with Gasteiger partial charge in [0.15, 0.2) is 6.10 Å². The Morgan fingerprint density at radius 1 is 1.03 bits per heavy atom. The molecule has 29 heavy (non-hydrogen) atoms. The Bertz CT molecular complexity index is 756. The summed E-state index contributed by atoms with van der Waals surface area (Å²) in [6, 6.07) is 18.2. The second-order valence-electron chi connectivity index (χ2n) is 6.72. The van der Waals surface area contributed by atoms with E-state index in [4.69, 9.17) is 14.2 Å². The van der Waals surface area contributed by atoms with Crippen molar-refractivity contribution in [3.63, 3.8) is 0 Å². The molecule has 1 fully saturated rings. The molecule has 7 heteroatoms. The predicted octanol–water partition coefficient (Wildman–Crippen LogP) is 2.63. The van der Waals surface area contributed by atoms with E-state index in [0.717, 1.165) is 5.56 Å². The quantitative estimate of drug-likeness (QED) is 0.638. The fourth-order valence-corrected chi connectivity index (χ4v) is 4.06. The van der Waals surface area contributed by atoms with Crippen molar-refractivity contribution in [3.8, 4) is 0 Å². The van der Waals surface area contributed by atoms with Crippen molar-refractivity contribution >= 4 is 17.7 Å². The third-order valence-corrected chi connectivity index (χ3v) is 5.66. The maximum Gasteiger partial charge on any atom is 0.338 e. The van der Waals surface area contributed by atoms with Crippen molar-refractivity contribution in [2.45, 2.75) is 43.4 Å². The summed E-state index contributed by atoms with van der Waals surface area (Å²) in [4.78, 5) is 12.4. The van der Waals surface area contributed by atoms with Crippen LogP contribution in [0.1, 0.15) is 22.8 Å². The second kappa shape index (κ2) is 10.8. The van der Waals surface area contributed by atoms with Crippen LogP contribution in [0, 0.1) is 0 Å². The number of carbonyl (C=O) groups is 1. The number of esters is 1. The molecule has 1 aliphatic heterocycles. The lowest BCUT2D eigenvalue weighted by Gasteiger charge is -2.41. The molecule has 6 nitrogen and oxygen atoms in total. The van der Waals surface area contributed by atoms with E-state index in [1.165, 1.54) is 11.8 Å². The van der Waals surface area contributed by atoms with E-state index in [1.807, 2.05) is 37.3 Å². The number of hydrogen-bond acceptors (Lipinski definition) is 7. The van der Waals surface area contributed by atoms with E-state index in [0.29, 0.717) is 17.9 Å². The van der Waals surface area contributed by atoms with Gasteiger partial charge in [-0.05, 0) is 23.4 Å². The zero-order valence-electron chi connectivity index (χ0n) is 16.2. The minimum atomic E-state index is -1.27. The van der Waals surface area contributed by atoms with Gasteiger partial charge < -0.3 is 24.4 Å². The average molecular weight is 419 g/mol. The minimum Gasteiger partial charge on any atom is -0.452 e. The van der Waals surface area contributed by atoms with E-state index in [2.05, 4.69) is 0 Å². The first-order valence-corrected chi connectivity index (χ1v) is 10.7. The first-order valence-electron chi connectivity index (χ1n) is 9.61. The molecule has 1 aliphatic rings. The van der Waals surface area contributed by atoms with Crippen LogP contribution in [0.4, 0.5) is 0 Å². The topological polar surface area (TPSA) is 85.2 Å². The van der Waals surface area contributed by atoms with Gasteiger partial charge in [-0.3, -0.25) is 0 Å². The van der Waals surface area contributed by atoms with Crippen LogP contribution in [0.2, 0.25) is 0 Å². The maximum atomic E-state index is 12.4. The maximum absolute atomic E-state index is 12.4. The summed E-state index contributed by atoms with van der Waals surface area (Å²) in [6.45, 7) is 2.44. The Morgan fingerprint density at radius 3 is 2.34 bits per heavy atom. The van der Waals surface area contributed by atoms with Crippen molar-refractivity contribution in [1.29, 1.82) is 0 Å². The highest BCUT2D eigenvalue weighted by molar-refractivity contribution is 7.99. The molecule has 0 bridgehead atoms. The highest BCUT2D eigenvalue weighted by atomic mass is 32.2. The molecule has 0 spiro atoms. The van der Waals surface area contributed by atoms with Gasteiger partial charge in [-0.2, -0.15) is 0 Å². The van der Waals surface area contributed by atoms with Crippen molar-refractivity contribution in [3.05, 3.63) is 71.8 Å². The SMILES string of the molecule is CCS[C@@H]1O[C@H](COCc2ccccc2)[C@H](O)[C@H](O)[C@H]1OC(=O)c1ccccc1. The Kier molecular flexibility index (Phi) is 8.09. The first-order chi connectivity index (χ1) is 14.1. The van der Waals surface area contributed by atoms with Crippen LogP contribution < -0.4 is 0 Å². The van der Waals surface area contributed by atoms with E-state index >= 15 is 0 Å². The highest BCUT2D eigenvalue weighted by Crippen LogP contribution is 2.31. The van der Waals surface area contributed by atoms with Crippen molar-refractivity contribution in [2.75, 3.05) is 12.4 Å². The van der Waals surface area contributed by atoms with Gasteiger partial charge in [0.25, 0.3) is 0 Å². The normalized spacial score (nSPS) is 26.8. The molecule has 0 aliphatic carbocycles. The van der Waals surface area contributed by atoms with Gasteiger partial charge in [0.2, 0.25) is 0 Å². The standard InChI is InChI=1S/C22H26O6S/c1-2-29-22-20(28-21(25)16-11-7-4-8-12-16)19(24)18(23)17(27-22)14-26-13-15-9-5-3-6-10-15/h3-12,17-20,22-24H,2,13-14H2,1H3/t17-,18+,19+,20-,22+/m1/s1. The van der Waals surface area contributed by atoms with Crippen molar-refractivity contribution in [1.82, 2.24) is 0 Å². The lowest BCUT2D eigenvalue weighted by atomic mass is 10.00. The Morgan fingerprint density at radius 2 is 1.69 bits per heavy atom. The van der Waals surface area contributed by atoms with Crippen LogP contribution in [-0.4, -0.2) is 58.4 Å². The van der Waals surface area contributed by atoms with E-state index in [-0.39, 0.29) is 6.61 Å². The van der Waals surface area contributed by atoms with Gasteiger partial charge in [-0.1, -0.05) is 55.5 Å². The second-order valence-corrected chi connectivity index (χ2v) is 8.09. The van der Waals surface area contributed by atoms with E-state index < -0.39 is 35.8 Å².